The lowest BCUT2D eigenvalue weighted by molar-refractivity contribution is 0.569. The number of benzene rings is 1. The van der Waals surface area contributed by atoms with Crippen molar-refractivity contribution in [2.24, 2.45) is 0 Å². The van der Waals surface area contributed by atoms with Crippen LogP contribution in [0.15, 0.2) is 17.0 Å². The number of sulfonamides is 2. The first-order chi connectivity index (χ1) is 9.03. The standard InChI is InChI=1S/C10H16FN3O4S2/c1-7-9(11)5-8(12)6-10(7)20(17,18)14-4-3-13-19(2,15)16/h5-6,13-14H,3-4,12H2,1-2H3. The van der Waals surface area contributed by atoms with Gasteiger partial charge in [0.1, 0.15) is 5.82 Å². The number of halogens is 1. The molecule has 0 radical (unpaired) electrons. The second kappa shape index (κ2) is 6.04. The number of hydrogen-bond donors (Lipinski definition) is 3. The Kier molecular flexibility index (Phi) is 5.08. The Morgan fingerprint density at radius 2 is 1.70 bits per heavy atom. The number of nitrogens with two attached hydrogens (primary N) is 1. The van der Waals surface area contributed by atoms with Crippen LogP contribution in [0.4, 0.5) is 10.1 Å². The summed E-state index contributed by atoms with van der Waals surface area (Å²) >= 11 is 0. The Labute approximate surface area is 117 Å². The predicted octanol–water partition coefficient (Wildman–Crippen LogP) is -0.456. The van der Waals surface area contributed by atoms with Gasteiger partial charge in [0.2, 0.25) is 20.0 Å². The summed E-state index contributed by atoms with van der Waals surface area (Å²) in [5.74, 6) is -0.723. The average Bonchev–Trinajstić information content (AvgIpc) is 2.28. The summed E-state index contributed by atoms with van der Waals surface area (Å²) in [6.07, 6.45) is 0.957. The second-order valence-corrected chi connectivity index (χ2v) is 7.76. The molecule has 0 aliphatic rings. The Hall–Kier alpha value is -1.23. The summed E-state index contributed by atoms with van der Waals surface area (Å²) in [6, 6.07) is 2.17. The second-order valence-electron chi connectivity index (χ2n) is 4.19. The molecule has 0 saturated carbocycles. The summed E-state index contributed by atoms with van der Waals surface area (Å²) in [6.45, 7) is 1.05. The van der Waals surface area contributed by atoms with Crippen LogP contribution in [0.1, 0.15) is 5.56 Å². The maximum absolute atomic E-state index is 13.5. The van der Waals surface area contributed by atoms with Gasteiger partial charge in [0.05, 0.1) is 11.2 Å². The number of nitrogen functional groups attached to an aromatic ring is 1. The van der Waals surface area contributed by atoms with Gasteiger partial charge in [-0.2, -0.15) is 0 Å². The molecule has 0 heterocycles. The van der Waals surface area contributed by atoms with E-state index in [1.165, 1.54) is 6.92 Å². The molecule has 0 atom stereocenters. The molecule has 10 heteroatoms. The van der Waals surface area contributed by atoms with Crippen molar-refractivity contribution >= 4 is 25.7 Å². The quantitative estimate of drug-likeness (QED) is 0.483. The molecule has 114 valence electrons. The summed E-state index contributed by atoms with van der Waals surface area (Å²) in [7, 11) is -7.35. The van der Waals surface area contributed by atoms with Gasteiger partial charge >= 0.3 is 0 Å². The van der Waals surface area contributed by atoms with E-state index in [2.05, 4.69) is 9.44 Å². The van der Waals surface area contributed by atoms with E-state index in [0.29, 0.717) is 0 Å². The first-order valence-corrected chi connectivity index (χ1v) is 8.90. The van der Waals surface area contributed by atoms with Gasteiger partial charge in [-0.25, -0.2) is 30.7 Å². The van der Waals surface area contributed by atoms with Gasteiger partial charge in [0, 0.05) is 24.3 Å². The van der Waals surface area contributed by atoms with E-state index < -0.39 is 25.9 Å². The highest BCUT2D eigenvalue weighted by Crippen LogP contribution is 2.21. The third-order valence-corrected chi connectivity index (χ3v) is 4.71. The van der Waals surface area contributed by atoms with Crippen molar-refractivity contribution in [3.05, 3.63) is 23.5 Å². The molecule has 0 amide bonds. The highest BCUT2D eigenvalue weighted by molar-refractivity contribution is 7.89. The van der Waals surface area contributed by atoms with Crippen molar-refractivity contribution in [3.63, 3.8) is 0 Å². The van der Waals surface area contributed by atoms with Crippen molar-refractivity contribution in [1.29, 1.82) is 0 Å². The molecule has 0 aromatic heterocycles. The lowest BCUT2D eigenvalue weighted by Gasteiger charge is -2.11. The molecule has 0 spiro atoms. The van der Waals surface area contributed by atoms with Crippen LogP contribution >= 0.6 is 0 Å². The minimum Gasteiger partial charge on any atom is -0.399 e. The lowest BCUT2D eigenvalue weighted by atomic mass is 10.2. The Balaban J connectivity index is 2.85. The number of nitrogens with one attached hydrogen (secondary N) is 2. The Bertz CT molecular complexity index is 701. The van der Waals surface area contributed by atoms with Crippen LogP contribution in [0.3, 0.4) is 0 Å². The maximum atomic E-state index is 13.5. The van der Waals surface area contributed by atoms with Crippen molar-refractivity contribution in [2.45, 2.75) is 11.8 Å². The van der Waals surface area contributed by atoms with Crippen LogP contribution in [0.5, 0.6) is 0 Å². The Morgan fingerprint density at radius 3 is 2.25 bits per heavy atom. The van der Waals surface area contributed by atoms with Crippen molar-refractivity contribution < 1.29 is 21.2 Å². The van der Waals surface area contributed by atoms with E-state index in [0.717, 1.165) is 18.4 Å². The molecule has 0 fully saturated rings. The third-order valence-electron chi connectivity index (χ3n) is 2.39. The van der Waals surface area contributed by atoms with Gasteiger partial charge in [-0.05, 0) is 19.1 Å². The van der Waals surface area contributed by atoms with Crippen LogP contribution < -0.4 is 15.2 Å². The first-order valence-electron chi connectivity index (χ1n) is 5.53. The van der Waals surface area contributed by atoms with Crippen LogP contribution in [0.2, 0.25) is 0 Å². The summed E-state index contributed by atoms with van der Waals surface area (Å²) in [5, 5.41) is 0. The Morgan fingerprint density at radius 1 is 1.15 bits per heavy atom. The van der Waals surface area contributed by atoms with Crippen LogP contribution in [-0.2, 0) is 20.0 Å². The zero-order valence-corrected chi connectivity index (χ0v) is 12.6. The van der Waals surface area contributed by atoms with E-state index in [1.54, 1.807) is 0 Å². The molecule has 4 N–H and O–H groups in total. The molecule has 0 aliphatic carbocycles. The zero-order chi connectivity index (χ0) is 15.6. The number of rotatable bonds is 6. The van der Waals surface area contributed by atoms with Gasteiger partial charge < -0.3 is 5.73 Å². The van der Waals surface area contributed by atoms with Crippen LogP contribution in [0, 0.1) is 12.7 Å². The van der Waals surface area contributed by atoms with Gasteiger partial charge in [-0.15, -0.1) is 0 Å². The fourth-order valence-electron chi connectivity index (χ4n) is 1.45. The molecule has 1 rings (SSSR count). The minimum atomic E-state index is -3.96. The van der Waals surface area contributed by atoms with Crippen molar-refractivity contribution in [3.8, 4) is 0 Å². The fraction of sp³-hybridized carbons (Fsp3) is 0.400. The fourth-order valence-corrected chi connectivity index (χ4v) is 3.24. The van der Waals surface area contributed by atoms with E-state index in [4.69, 9.17) is 5.73 Å². The maximum Gasteiger partial charge on any atom is 0.241 e. The lowest BCUT2D eigenvalue weighted by Crippen LogP contribution is -2.34. The summed E-state index contributed by atoms with van der Waals surface area (Å²) in [5.41, 5.74) is 5.35. The molecule has 0 aliphatic heterocycles. The SMILES string of the molecule is Cc1c(F)cc(N)cc1S(=O)(=O)NCCNS(C)(=O)=O. The smallest absolute Gasteiger partial charge is 0.241 e. The summed E-state index contributed by atoms with van der Waals surface area (Å²) in [4.78, 5) is -0.269. The van der Waals surface area contributed by atoms with E-state index in [9.17, 15) is 21.2 Å². The van der Waals surface area contributed by atoms with Crippen LogP contribution in [0.25, 0.3) is 0 Å². The zero-order valence-electron chi connectivity index (χ0n) is 11.0. The van der Waals surface area contributed by atoms with E-state index >= 15 is 0 Å². The van der Waals surface area contributed by atoms with Gasteiger partial charge in [-0.1, -0.05) is 0 Å². The normalized spacial score (nSPS) is 12.6. The molecular weight excluding hydrogens is 309 g/mol. The van der Waals surface area contributed by atoms with Crippen molar-refractivity contribution in [2.75, 3.05) is 25.1 Å². The highest BCUT2D eigenvalue weighted by atomic mass is 32.2. The monoisotopic (exact) mass is 325 g/mol. The topological polar surface area (TPSA) is 118 Å². The molecule has 0 unspecified atom stereocenters. The van der Waals surface area contributed by atoms with Crippen molar-refractivity contribution in [1.82, 2.24) is 9.44 Å². The molecular formula is C10H16FN3O4S2. The van der Waals surface area contributed by atoms with Gasteiger partial charge in [0.25, 0.3) is 0 Å². The van der Waals surface area contributed by atoms with Crippen LogP contribution in [-0.4, -0.2) is 36.2 Å². The largest absolute Gasteiger partial charge is 0.399 e. The highest BCUT2D eigenvalue weighted by Gasteiger charge is 2.19. The minimum absolute atomic E-state index is 0.0114. The molecule has 7 nitrogen and oxygen atoms in total. The van der Waals surface area contributed by atoms with E-state index in [1.807, 2.05) is 0 Å². The predicted molar refractivity (Wildman–Crippen MR) is 73.6 cm³/mol. The average molecular weight is 325 g/mol. The van der Waals surface area contributed by atoms with Gasteiger partial charge in [0.15, 0.2) is 0 Å². The first kappa shape index (κ1) is 16.8. The molecule has 1 aromatic rings. The molecule has 0 saturated heterocycles. The third kappa shape index (κ3) is 4.71. The number of anilines is 1. The molecule has 1 aromatic carbocycles. The molecule has 0 bridgehead atoms. The molecule has 20 heavy (non-hydrogen) atoms. The summed E-state index contributed by atoms with van der Waals surface area (Å²) < 4.78 is 63.3. The van der Waals surface area contributed by atoms with E-state index in [-0.39, 0.29) is 29.2 Å². The van der Waals surface area contributed by atoms with Gasteiger partial charge in [-0.3, -0.25) is 0 Å². The number of hydrogen-bond acceptors (Lipinski definition) is 5.